The Hall–Kier alpha value is -3.14. The molecule has 164 valence electrons. The average molecular weight is 420 g/mol. The van der Waals surface area contributed by atoms with Crippen LogP contribution in [0.2, 0.25) is 0 Å². The molecule has 0 spiro atoms. The normalized spacial score (nSPS) is 11.3. The molecule has 2 aromatic carbocycles. The first-order chi connectivity index (χ1) is 14.6. The maximum atomic E-state index is 12.5. The molecule has 0 fully saturated rings. The number of anilines is 1. The van der Waals surface area contributed by atoms with Crippen LogP contribution in [-0.2, 0) is 27.2 Å². The van der Waals surface area contributed by atoms with Crippen molar-refractivity contribution >= 4 is 23.6 Å². The van der Waals surface area contributed by atoms with E-state index in [2.05, 4.69) is 25.2 Å². The van der Waals surface area contributed by atoms with Gasteiger partial charge in [0.1, 0.15) is 5.60 Å². The van der Waals surface area contributed by atoms with E-state index < -0.39 is 11.6 Å². The highest BCUT2D eigenvalue weighted by molar-refractivity contribution is 5.95. The highest BCUT2D eigenvalue weighted by Crippen LogP contribution is 2.21. The van der Waals surface area contributed by atoms with Crippen molar-refractivity contribution in [1.82, 2.24) is 0 Å². The maximum absolute atomic E-state index is 12.5. The molecule has 4 nitrogen and oxygen atoms in total. The SMILES string of the molecule is CC(C)=CCc1ccc(NC(=O)CCc2ccccc2)c(/C=C/C(=O)OC(C)(C)C)c1. The van der Waals surface area contributed by atoms with Gasteiger partial charge in [0.15, 0.2) is 0 Å². The zero-order chi connectivity index (χ0) is 22.9. The zero-order valence-electron chi connectivity index (χ0n) is 19.2. The summed E-state index contributed by atoms with van der Waals surface area (Å²) in [6, 6.07) is 15.8. The molecule has 4 heteroatoms. The van der Waals surface area contributed by atoms with Crippen molar-refractivity contribution in [2.24, 2.45) is 0 Å². The van der Waals surface area contributed by atoms with Gasteiger partial charge >= 0.3 is 5.97 Å². The Balaban J connectivity index is 2.16. The van der Waals surface area contributed by atoms with Gasteiger partial charge in [-0.15, -0.1) is 0 Å². The molecular weight excluding hydrogens is 386 g/mol. The minimum absolute atomic E-state index is 0.0622. The second kappa shape index (κ2) is 11.3. The number of aryl methyl sites for hydroxylation is 1. The summed E-state index contributed by atoms with van der Waals surface area (Å²) in [4.78, 5) is 24.6. The van der Waals surface area contributed by atoms with E-state index in [1.54, 1.807) is 6.08 Å². The molecule has 0 aliphatic heterocycles. The Kier molecular flexibility index (Phi) is 8.80. The molecule has 2 aromatic rings. The Morgan fingerprint density at radius 2 is 1.71 bits per heavy atom. The number of esters is 1. The van der Waals surface area contributed by atoms with Gasteiger partial charge in [0.05, 0.1) is 0 Å². The lowest BCUT2D eigenvalue weighted by Crippen LogP contribution is -2.22. The lowest BCUT2D eigenvalue weighted by atomic mass is 10.0. The first-order valence-electron chi connectivity index (χ1n) is 10.6. The highest BCUT2D eigenvalue weighted by Gasteiger charge is 2.14. The largest absolute Gasteiger partial charge is 0.457 e. The summed E-state index contributed by atoms with van der Waals surface area (Å²) in [7, 11) is 0. The van der Waals surface area contributed by atoms with Crippen LogP contribution < -0.4 is 5.32 Å². The molecule has 0 unspecified atom stereocenters. The zero-order valence-corrected chi connectivity index (χ0v) is 19.2. The second-order valence-electron chi connectivity index (χ2n) is 8.81. The molecule has 1 N–H and O–H groups in total. The van der Waals surface area contributed by atoms with Gasteiger partial charge in [0, 0.05) is 18.2 Å². The fraction of sp³-hybridized carbons (Fsp3) is 0.333. The van der Waals surface area contributed by atoms with Crippen LogP contribution in [0.4, 0.5) is 5.69 Å². The fourth-order valence-electron chi connectivity index (χ4n) is 2.92. The number of hydrogen-bond donors (Lipinski definition) is 1. The van der Waals surface area contributed by atoms with Crippen molar-refractivity contribution in [3.05, 3.63) is 82.9 Å². The van der Waals surface area contributed by atoms with E-state index in [1.165, 1.54) is 11.6 Å². The first-order valence-corrected chi connectivity index (χ1v) is 10.6. The molecule has 1 amide bonds. The third-order valence-electron chi connectivity index (χ3n) is 4.43. The van der Waals surface area contributed by atoms with Gasteiger partial charge in [-0.3, -0.25) is 4.79 Å². The van der Waals surface area contributed by atoms with Crippen LogP contribution in [-0.4, -0.2) is 17.5 Å². The van der Waals surface area contributed by atoms with E-state index in [4.69, 9.17) is 4.74 Å². The van der Waals surface area contributed by atoms with Crippen molar-refractivity contribution < 1.29 is 14.3 Å². The number of rotatable bonds is 8. The van der Waals surface area contributed by atoms with Gasteiger partial charge in [-0.1, -0.05) is 48.0 Å². The Labute approximate surface area is 186 Å². The summed E-state index contributed by atoms with van der Waals surface area (Å²) in [5.74, 6) is -0.476. The highest BCUT2D eigenvalue weighted by atomic mass is 16.6. The van der Waals surface area contributed by atoms with Gasteiger partial charge in [0.2, 0.25) is 5.91 Å². The predicted octanol–water partition coefficient (Wildman–Crippen LogP) is 6.12. The molecule has 31 heavy (non-hydrogen) atoms. The summed E-state index contributed by atoms with van der Waals surface area (Å²) < 4.78 is 5.35. The fourth-order valence-corrected chi connectivity index (χ4v) is 2.92. The van der Waals surface area contributed by atoms with Gasteiger partial charge in [0.25, 0.3) is 0 Å². The van der Waals surface area contributed by atoms with Crippen LogP contribution in [0.25, 0.3) is 6.08 Å². The number of nitrogens with one attached hydrogen (secondary N) is 1. The topological polar surface area (TPSA) is 55.4 Å². The number of hydrogen-bond acceptors (Lipinski definition) is 3. The Morgan fingerprint density at radius 1 is 1.00 bits per heavy atom. The van der Waals surface area contributed by atoms with E-state index >= 15 is 0 Å². The number of benzene rings is 2. The van der Waals surface area contributed by atoms with Gasteiger partial charge in [-0.2, -0.15) is 0 Å². The summed E-state index contributed by atoms with van der Waals surface area (Å²) in [5.41, 5.74) is 4.37. The summed E-state index contributed by atoms with van der Waals surface area (Å²) in [6.45, 7) is 9.61. The molecular formula is C27H33NO3. The molecule has 0 atom stereocenters. The van der Waals surface area contributed by atoms with Crippen LogP contribution in [0, 0.1) is 0 Å². The van der Waals surface area contributed by atoms with Crippen LogP contribution in [0.1, 0.15) is 57.7 Å². The van der Waals surface area contributed by atoms with Crippen LogP contribution in [0.15, 0.2) is 66.3 Å². The predicted molar refractivity (Wildman–Crippen MR) is 128 cm³/mol. The second-order valence-corrected chi connectivity index (χ2v) is 8.81. The third-order valence-corrected chi connectivity index (χ3v) is 4.43. The molecule has 0 heterocycles. The lowest BCUT2D eigenvalue weighted by molar-refractivity contribution is -0.148. The summed E-state index contributed by atoms with van der Waals surface area (Å²) in [6.07, 6.45) is 7.11. The van der Waals surface area contributed by atoms with Crippen LogP contribution in [0.3, 0.4) is 0 Å². The number of carbonyl (C=O) groups excluding carboxylic acids is 2. The van der Waals surface area contributed by atoms with Crippen molar-refractivity contribution in [1.29, 1.82) is 0 Å². The van der Waals surface area contributed by atoms with Crippen molar-refractivity contribution in [2.75, 3.05) is 5.32 Å². The van der Waals surface area contributed by atoms with Gasteiger partial charge in [-0.05, 0) is 82.4 Å². The van der Waals surface area contributed by atoms with E-state index in [9.17, 15) is 9.59 Å². The molecule has 2 rings (SSSR count). The molecule has 0 radical (unpaired) electrons. The van der Waals surface area contributed by atoms with Gasteiger partial charge < -0.3 is 10.1 Å². The number of allylic oxidation sites excluding steroid dienone is 2. The Bertz CT molecular complexity index is 946. The summed E-state index contributed by atoms with van der Waals surface area (Å²) in [5, 5.41) is 2.99. The Morgan fingerprint density at radius 3 is 2.35 bits per heavy atom. The van der Waals surface area contributed by atoms with E-state index in [0.717, 1.165) is 23.1 Å². The number of ether oxygens (including phenoxy) is 1. The molecule has 0 aliphatic rings. The molecule has 0 aromatic heterocycles. The molecule has 0 saturated heterocycles. The number of carbonyl (C=O) groups is 2. The van der Waals surface area contributed by atoms with E-state index in [-0.39, 0.29) is 5.91 Å². The van der Waals surface area contributed by atoms with Crippen LogP contribution in [0.5, 0.6) is 0 Å². The average Bonchev–Trinajstić information content (AvgIpc) is 2.70. The lowest BCUT2D eigenvalue weighted by Gasteiger charge is -2.18. The third kappa shape index (κ3) is 9.47. The maximum Gasteiger partial charge on any atom is 0.331 e. The standard InChI is InChI=1S/C27H33NO3/c1-20(2)11-12-22-13-16-24(23(19-22)15-18-26(30)31-27(3,4)5)28-25(29)17-14-21-9-7-6-8-10-21/h6-11,13,15-16,18-19H,12,14,17H2,1-5H3,(H,28,29)/b18-15+. The van der Waals surface area contributed by atoms with Gasteiger partial charge in [-0.25, -0.2) is 4.79 Å². The number of amides is 1. The molecule has 0 saturated carbocycles. The monoisotopic (exact) mass is 419 g/mol. The van der Waals surface area contributed by atoms with Crippen molar-refractivity contribution in [3.63, 3.8) is 0 Å². The van der Waals surface area contributed by atoms with Crippen molar-refractivity contribution in [2.45, 2.75) is 59.5 Å². The van der Waals surface area contributed by atoms with E-state index in [1.807, 2.05) is 69.3 Å². The minimum Gasteiger partial charge on any atom is -0.457 e. The first kappa shape index (κ1) is 24.1. The molecule has 0 bridgehead atoms. The smallest absolute Gasteiger partial charge is 0.331 e. The van der Waals surface area contributed by atoms with Crippen molar-refractivity contribution in [3.8, 4) is 0 Å². The van der Waals surface area contributed by atoms with Crippen LogP contribution >= 0.6 is 0 Å². The van der Waals surface area contributed by atoms with E-state index in [0.29, 0.717) is 18.5 Å². The summed E-state index contributed by atoms with van der Waals surface area (Å²) >= 11 is 0. The molecule has 0 aliphatic carbocycles. The minimum atomic E-state index is -0.554. The quantitative estimate of drug-likeness (QED) is 0.318.